The van der Waals surface area contributed by atoms with Crippen LogP contribution in [-0.2, 0) is 9.59 Å². The maximum atomic E-state index is 12.3. The Kier molecular flexibility index (Phi) is 3.66. The van der Waals surface area contributed by atoms with Crippen LogP contribution in [-0.4, -0.2) is 42.4 Å². The molecular formula is C12H21N3O2. The van der Waals surface area contributed by atoms with Gasteiger partial charge in [0, 0.05) is 18.5 Å². The number of amides is 2. The van der Waals surface area contributed by atoms with E-state index in [9.17, 15) is 9.59 Å². The van der Waals surface area contributed by atoms with Crippen LogP contribution < -0.4 is 11.1 Å². The van der Waals surface area contributed by atoms with Crippen LogP contribution in [0.5, 0.6) is 0 Å². The predicted molar refractivity (Wildman–Crippen MR) is 64.1 cm³/mol. The molecule has 0 aromatic rings. The summed E-state index contributed by atoms with van der Waals surface area (Å²) in [6.07, 6.45) is 3.19. The molecule has 0 radical (unpaired) electrons. The van der Waals surface area contributed by atoms with E-state index >= 15 is 0 Å². The first-order valence-corrected chi connectivity index (χ1v) is 6.39. The van der Waals surface area contributed by atoms with Gasteiger partial charge in [0.1, 0.15) is 0 Å². The van der Waals surface area contributed by atoms with E-state index in [0.29, 0.717) is 5.92 Å². The van der Waals surface area contributed by atoms with Crippen molar-refractivity contribution in [1.82, 2.24) is 10.2 Å². The number of nitrogens with one attached hydrogen (secondary N) is 1. The summed E-state index contributed by atoms with van der Waals surface area (Å²) in [6.45, 7) is 3.71. The van der Waals surface area contributed by atoms with Crippen LogP contribution >= 0.6 is 0 Å². The Bertz CT molecular complexity index is 309. The zero-order chi connectivity index (χ0) is 12.4. The average molecular weight is 239 g/mol. The van der Waals surface area contributed by atoms with Gasteiger partial charge >= 0.3 is 0 Å². The second kappa shape index (κ2) is 5.04. The highest BCUT2D eigenvalue weighted by Crippen LogP contribution is 2.37. The molecule has 96 valence electrons. The number of nitrogens with two attached hydrogens (primary N) is 1. The minimum absolute atomic E-state index is 0.0370. The molecule has 1 aliphatic carbocycles. The van der Waals surface area contributed by atoms with Crippen molar-refractivity contribution in [3.05, 3.63) is 0 Å². The van der Waals surface area contributed by atoms with E-state index in [1.54, 1.807) is 4.90 Å². The highest BCUT2D eigenvalue weighted by atomic mass is 16.2. The van der Waals surface area contributed by atoms with Crippen LogP contribution in [0.15, 0.2) is 0 Å². The molecule has 1 saturated carbocycles. The van der Waals surface area contributed by atoms with E-state index in [-0.39, 0.29) is 24.4 Å². The summed E-state index contributed by atoms with van der Waals surface area (Å²) in [7, 11) is 0. The molecule has 0 spiro atoms. The second-order valence-corrected chi connectivity index (χ2v) is 5.21. The second-order valence-electron chi connectivity index (χ2n) is 5.21. The first kappa shape index (κ1) is 12.4. The minimum atomic E-state index is -0.423. The third kappa shape index (κ3) is 2.97. The van der Waals surface area contributed by atoms with Gasteiger partial charge < -0.3 is 16.0 Å². The molecule has 0 aromatic heterocycles. The van der Waals surface area contributed by atoms with Crippen LogP contribution in [0.25, 0.3) is 0 Å². The van der Waals surface area contributed by atoms with E-state index in [4.69, 9.17) is 5.73 Å². The molecule has 5 nitrogen and oxygen atoms in total. The Morgan fingerprint density at radius 3 is 2.59 bits per heavy atom. The van der Waals surface area contributed by atoms with Crippen LogP contribution in [0.3, 0.4) is 0 Å². The van der Waals surface area contributed by atoms with Gasteiger partial charge in [0.25, 0.3) is 0 Å². The van der Waals surface area contributed by atoms with Crippen molar-refractivity contribution < 1.29 is 9.59 Å². The van der Waals surface area contributed by atoms with Crippen molar-refractivity contribution in [2.75, 3.05) is 19.6 Å². The Balaban J connectivity index is 2.02. The molecule has 2 amide bonds. The summed E-state index contributed by atoms with van der Waals surface area (Å²) in [5.74, 6) is 0.232. The fourth-order valence-corrected chi connectivity index (χ4v) is 2.52. The smallest absolute Gasteiger partial charge is 0.237 e. The van der Waals surface area contributed by atoms with Crippen molar-refractivity contribution in [1.29, 1.82) is 0 Å². The zero-order valence-electron chi connectivity index (χ0n) is 10.3. The molecule has 2 aliphatic rings. The molecule has 0 aromatic carbocycles. The van der Waals surface area contributed by atoms with E-state index < -0.39 is 5.91 Å². The van der Waals surface area contributed by atoms with Gasteiger partial charge in [0.2, 0.25) is 11.8 Å². The van der Waals surface area contributed by atoms with Crippen molar-refractivity contribution >= 4 is 11.8 Å². The predicted octanol–water partition coefficient (Wildman–Crippen LogP) is -0.292. The molecule has 1 saturated heterocycles. The quantitative estimate of drug-likeness (QED) is 0.692. The van der Waals surface area contributed by atoms with E-state index in [1.165, 1.54) is 0 Å². The summed E-state index contributed by atoms with van der Waals surface area (Å²) < 4.78 is 0. The summed E-state index contributed by atoms with van der Waals surface area (Å²) >= 11 is 0. The maximum absolute atomic E-state index is 12.3. The van der Waals surface area contributed by atoms with Crippen LogP contribution in [0.4, 0.5) is 0 Å². The molecule has 0 bridgehead atoms. The summed E-state index contributed by atoms with van der Waals surface area (Å²) in [5.41, 5.74) is 5.24. The van der Waals surface area contributed by atoms with E-state index in [2.05, 4.69) is 5.32 Å². The lowest BCUT2D eigenvalue weighted by atomic mass is 10.0. The number of carbonyl (C=O) groups excluding carboxylic acids is 2. The molecule has 1 aliphatic heterocycles. The van der Waals surface area contributed by atoms with E-state index in [0.717, 1.165) is 32.4 Å². The molecule has 2 rings (SSSR count). The number of nitrogens with zero attached hydrogens (tertiary/aromatic N) is 1. The van der Waals surface area contributed by atoms with Crippen molar-refractivity contribution in [3.63, 3.8) is 0 Å². The SMILES string of the molecule is CC(C(=O)N(CC(N)=O)C1CCNC1)C1CC1. The van der Waals surface area contributed by atoms with Gasteiger partial charge in [0.05, 0.1) is 6.54 Å². The highest BCUT2D eigenvalue weighted by molar-refractivity contribution is 5.85. The average Bonchev–Trinajstić information content (AvgIpc) is 3.00. The Morgan fingerprint density at radius 1 is 1.41 bits per heavy atom. The Morgan fingerprint density at radius 2 is 2.12 bits per heavy atom. The number of carbonyl (C=O) groups is 2. The van der Waals surface area contributed by atoms with Crippen molar-refractivity contribution in [3.8, 4) is 0 Å². The Hall–Kier alpha value is -1.10. The van der Waals surface area contributed by atoms with Gasteiger partial charge in [-0.05, 0) is 31.7 Å². The largest absolute Gasteiger partial charge is 0.368 e. The molecule has 17 heavy (non-hydrogen) atoms. The molecular weight excluding hydrogens is 218 g/mol. The summed E-state index contributed by atoms with van der Waals surface area (Å²) in [5, 5.41) is 3.22. The van der Waals surface area contributed by atoms with Gasteiger partial charge in [-0.2, -0.15) is 0 Å². The molecule has 2 atom stereocenters. The monoisotopic (exact) mass is 239 g/mol. The fourth-order valence-electron chi connectivity index (χ4n) is 2.52. The minimum Gasteiger partial charge on any atom is -0.368 e. The van der Waals surface area contributed by atoms with Crippen LogP contribution in [0, 0.1) is 11.8 Å². The molecule has 1 heterocycles. The molecule has 2 unspecified atom stereocenters. The summed E-state index contributed by atoms with van der Waals surface area (Å²) in [6, 6.07) is 0.135. The lowest BCUT2D eigenvalue weighted by Gasteiger charge is -2.30. The van der Waals surface area contributed by atoms with Crippen LogP contribution in [0.1, 0.15) is 26.2 Å². The third-order valence-electron chi connectivity index (χ3n) is 3.80. The van der Waals surface area contributed by atoms with E-state index in [1.807, 2.05) is 6.92 Å². The number of hydrogen-bond donors (Lipinski definition) is 2. The number of rotatable bonds is 5. The van der Waals surface area contributed by atoms with Gasteiger partial charge in [-0.1, -0.05) is 6.92 Å². The fraction of sp³-hybridized carbons (Fsp3) is 0.833. The lowest BCUT2D eigenvalue weighted by molar-refractivity contribution is -0.141. The Labute approximate surface area is 102 Å². The van der Waals surface area contributed by atoms with Gasteiger partial charge in [-0.15, -0.1) is 0 Å². The van der Waals surface area contributed by atoms with Gasteiger partial charge in [-0.25, -0.2) is 0 Å². The number of hydrogen-bond acceptors (Lipinski definition) is 3. The van der Waals surface area contributed by atoms with Gasteiger partial charge in [-0.3, -0.25) is 9.59 Å². The topological polar surface area (TPSA) is 75.4 Å². The molecule has 5 heteroatoms. The number of primary amides is 1. The van der Waals surface area contributed by atoms with Crippen molar-refractivity contribution in [2.24, 2.45) is 17.6 Å². The first-order chi connectivity index (χ1) is 8.09. The summed E-state index contributed by atoms with van der Waals surface area (Å²) in [4.78, 5) is 25.1. The standard InChI is InChI=1S/C12H21N3O2/c1-8(9-2-3-9)12(17)15(7-11(13)16)10-4-5-14-6-10/h8-10,14H,2-7H2,1H3,(H2,13,16). The van der Waals surface area contributed by atoms with Gasteiger partial charge in [0.15, 0.2) is 0 Å². The first-order valence-electron chi connectivity index (χ1n) is 6.39. The zero-order valence-corrected chi connectivity index (χ0v) is 10.3. The molecule has 3 N–H and O–H groups in total. The highest BCUT2D eigenvalue weighted by Gasteiger charge is 2.37. The van der Waals surface area contributed by atoms with Crippen LogP contribution in [0.2, 0.25) is 0 Å². The maximum Gasteiger partial charge on any atom is 0.237 e. The lowest BCUT2D eigenvalue weighted by Crippen LogP contribution is -2.48. The third-order valence-corrected chi connectivity index (χ3v) is 3.80. The normalized spacial score (nSPS) is 25.6. The molecule has 2 fully saturated rings. The van der Waals surface area contributed by atoms with Crippen molar-refractivity contribution in [2.45, 2.75) is 32.2 Å².